The van der Waals surface area contributed by atoms with E-state index in [0.717, 1.165) is 0 Å². The van der Waals surface area contributed by atoms with Gasteiger partial charge in [0.2, 0.25) is 11.8 Å². The van der Waals surface area contributed by atoms with Gasteiger partial charge >= 0.3 is 5.97 Å². The van der Waals surface area contributed by atoms with E-state index < -0.39 is 66.1 Å². The molecule has 2 N–H and O–H groups in total. The van der Waals surface area contributed by atoms with E-state index in [-0.39, 0.29) is 25.4 Å². The molecule has 7 atom stereocenters. The molecule has 0 aliphatic carbocycles. The van der Waals surface area contributed by atoms with Gasteiger partial charge in [-0.05, 0) is 56.0 Å². The number of hydrogen-bond acceptors (Lipinski definition) is 8. The van der Waals surface area contributed by atoms with Gasteiger partial charge in [0, 0.05) is 18.7 Å². The van der Waals surface area contributed by atoms with Crippen LogP contribution in [0.3, 0.4) is 0 Å². The molecule has 0 saturated carbocycles. The summed E-state index contributed by atoms with van der Waals surface area (Å²) in [6.45, 7) is 8.94. The average Bonchev–Trinajstić information content (AvgIpc) is 3.73. The van der Waals surface area contributed by atoms with E-state index in [9.17, 15) is 24.3 Å². The number of likely N-dealkylation sites (tertiary alicyclic amines) is 1. The van der Waals surface area contributed by atoms with Crippen molar-refractivity contribution in [1.82, 2.24) is 10.2 Å². The Bertz CT molecular complexity index is 1480. The summed E-state index contributed by atoms with van der Waals surface area (Å²) >= 11 is 0. The van der Waals surface area contributed by atoms with Crippen LogP contribution in [0.4, 0.5) is 5.69 Å². The van der Waals surface area contributed by atoms with Crippen molar-refractivity contribution < 1.29 is 38.5 Å². The number of amides is 3. The third-order valence-corrected chi connectivity index (χ3v) is 9.38. The second-order valence-corrected chi connectivity index (χ2v) is 12.2. The minimum Gasteiger partial charge on any atom is -0.497 e. The van der Waals surface area contributed by atoms with Gasteiger partial charge in [0.15, 0.2) is 0 Å². The molecule has 1 spiro atoms. The smallest absolute Gasteiger partial charge is 0.312 e. The first kappa shape index (κ1) is 33.9. The summed E-state index contributed by atoms with van der Waals surface area (Å²) in [5.74, 6) is -3.01. The Kier molecular flexibility index (Phi) is 10.5. The Morgan fingerprint density at radius 3 is 2.51 bits per heavy atom. The fourth-order valence-electron chi connectivity index (χ4n) is 7.26. The molecule has 0 unspecified atom stereocenters. The van der Waals surface area contributed by atoms with E-state index in [1.165, 1.54) is 9.80 Å². The number of methoxy groups -OCH3 is 1. The molecule has 47 heavy (non-hydrogen) atoms. The minimum atomic E-state index is -1.32. The predicted molar refractivity (Wildman–Crippen MR) is 174 cm³/mol. The van der Waals surface area contributed by atoms with Crippen LogP contribution >= 0.6 is 0 Å². The number of aliphatic hydroxyl groups excluding tert-OH is 1. The van der Waals surface area contributed by atoms with Crippen LogP contribution in [-0.4, -0.2) is 84.4 Å². The lowest BCUT2D eigenvalue weighted by Crippen LogP contribution is -2.57. The van der Waals surface area contributed by atoms with E-state index in [1.807, 2.05) is 6.07 Å². The van der Waals surface area contributed by atoms with Gasteiger partial charge in [0.05, 0.1) is 44.2 Å². The van der Waals surface area contributed by atoms with Crippen molar-refractivity contribution in [2.45, 2.75) is 62.5 Å². The number of allylic oxidation sites excluding steroid dienone is 1. The summed E-state index contributed by atoms with van der Waals surface area (Å²) in [7, 11) is 1.55. The maximum atomic E-state index is 14.8. The molecule has 3 fully saturated rings. The molecule has 3 amide bonds. The van der Waals surface area contributed by atoms with E-state index in [4.69, 9.17) is 14.2 Å². The largest absolute Gasteiger partial charge is 0.497 e. The standard InChI is InChI=1S/C36H43N3O8/c1-5-7-13-29(41)37-21-23(3)46-35(44)30-28-18-19-36(47-28)31(30)33(42)39(27(22-40)24-11-9-8-10-12-24)32(36)34(43)38(20-6-2)25-14-16-26(45-4)17-15-25/h5-6,8-12,14-17,23,27-28,30-32,40H,1-2,7,13,18-22H2,3-4H3,(H,37,41)/t23-,27+,28+,30-,31-,32+,36-/m0/s1. The number of fused-ring (bicyclic) bond motifs is 1. The molecule has 2 aromatic rings. The van der Waals surface area contributed by atoms with Crippen molar-refractivity contribution in [2.24, 2.45) is 11.8 Å². The zero-order valence-electron chi connectivity index (χ0n) is 26.9. The Balaban J connectivity index is 1.49. The van der Waals surface area contributed by atoms with Crippen molar-refractivity contribution in [3.05, 3.63) is 85.5 Å². The fourth-order valence-corrected chi connectivity index (χ4v) is 7.26. The number of benzene rings is 2. The van der Waals surface area contributed by atoms with E-state index in [0.29, 0.717) is 36.3 Å². The number of nitrogens with zero attached hydrogens (tertiary/aromatic N) is 2. The molecule has 2 aromatic carbocycles. The average molecular weight is 646 g/mol. The molecule has 3 saturated heterocycles. The second kappa shape index (κ2) is 14.5. The first-order chi connectivity index (χ1) is 22.7. The third kappa shape index (κ3) is 6.42. The zero-order chi connectivity index (χ0) is 33.7. The summed E-state index contributed by atoms with van der Waals surface area (Å²) in [6, 6.07) is 14.0. The topological polar surface area (TPSA) is 135 Å². The number of carbonyl (C=O) groups excluding carboxylic acids is 4. The number of ether oxygens (including phenoxy) is 3. The molecular formula is C36H43N3O8. The van der Waals surface area contributed by atoms with Crippen LogP contribution in [0.15, 0.2) is 79.9 Å². The van der Waals surface area contributed by atoms with Gasteiger partial charge in [0.1, 0.15) is 23.5 Å². The highest BCUT2D eigenvalue weighted by Gasteiger charge is 2.75. The fraction of sp³-hybridized carbons (Fsp3) is 0.444. The predicted octanol–water partition coefficient (Wildman–Crippen LogP) is 3.34. The quantitative estimate of drug-likeness (QED) is 0.223. The summed E-state index contributed by atoms with van der Waals surface area (Å²) in [6.07, 6.45) is 3.60. The lowest BCUT2D eigenvalue weighted by atomic mass is 9.70. The molecule has 250 valence electrons. The molecule has 3 aliphatic heterocycles. The lowest BCUT2D eigenvalue weighted by Gasteiger charge is -2.39. The first-order valence-corrected chi connectivity index (χ1v) is 16.0. The lowest BCUT2D eigenvalue weighted by molar-refractivity contribution is -0.159. The molecule has 3 heterocycles. The van der Waals surface area contributed by atoms with Gasteiger partial charge in [-0.3, -0.25) is 19.2 Å². The van der Waals surface area contributed by atoms with Gasteiger partial charge < -0.3 is 34.4 Å². The van der Waals surface area contributed by atoms with E-state index in [1.54, 1.807) is 74.7 Å². The molecule has 3 aliphatic rings. The number of hydrogen-bond donors (Lipinski definition) is 2. The number of nitrogens with one attached hydrogen (secondary N) is 1. The Morgan fingerprint density at radius 1 is 1.15 bits per heavy atom. The van der Waals surface area contributed by atoms with Crippen molar-refractivity contribution in [1.29, 1.82) is 0 Å². The van der Waals surface area contributed by atoms with Gasteiger partial charge in [-0.25, -0.2) is 0 Å². The SMILES string of the molecule is C=CCCC(=O)NC[C@H](C)OC(=O)[C@@H]1[C@H]2C(=O)N([C@H](CO)c3ccccc3)[C@H](C(=O)N(CC=C)c3ccc(OC)cc3)[C@]23CC[C@H]1O3. The number of esters is 1. The summed E-state index contributed by atoms with van der Waals surface area (Å²) < 4.78 is 17.7. The molecule has 2 bridgehead atoms. The molecule has 11 heteroatoms. The summed E-state index contributed by atoms with van der Waals surface area (Å²) in [5, 5.41) is 13.5. The highest BCUT2D eigenvalue weighted by atomic mass is 16.6. The van der Waals surface area contributed by atoms with Crippen LogP contribution in [0.1, 0.15) is 44.2 Å². The first-order valence-electron chi connectivity index (χ1n) is 16.0. The Morgan fingerprint density at radius 2 is 1.87 bits per heavy atom. The van der Waals surface area contributed by atoms with Gasteiger partial charge in [0.25, 0.3) is 5.91 Å². The molecule has 0 radical (unpaired) electrons. The van der Waals surface area contributed by atoms with Crippen LogP contribution in [-0.2, 0) is 28.7 Å². The highest BCUT2D eigenvalue weighted by Crippen LogP contribution is 2.60. The third-order valence-electron chi connectivity index (χ3n) is 9.38. The highest BCUT2D eigenvalue weighted by molar-refractivity contribution is 6.05. The maximum Gasteiger partial charge on any atom is 0.312 e. The summed E-state index contributed by atoms with van der Waals surface area (Å²) in [5.41, 5.74) is -0.110. The Hall–Kier alpha value is -4.48. The monoisotopic (exact) mass is 645 g/mol. The number of anilines is 1. The van der Waals surface area contributed by atoms with Crippen molar-refractivity contribution in [3.8, 4) is 5.75 Å². The van der Waals surface area contributed by atoms with Crippen molar-refractivity contribution in [3.63, 3.8) is 0 Å². The van der Waals surface area contributed by atoms with Crippen LogP contribution < -0.4 is 15.0 Å². The van der Waals surface area contributed by atoms with Crippen LogP contribution in [0.5, 0.6) is 5.75 Å². The minimum absolute atomic E-state index is 0.107. The van der Waals surface area contributed by atoms with Gasteiger partial charge in [-0.2, -0.15) is 0 Å². The molecule has 11 nitrogen and oxygen atoms in total. The van der Waals surface area contributed by atoms with Crippen LogP contribution in [0.2, 0.25) is 0 Å². The van der Waals surface area contributed by atoms with Crippen molar-refractivity contribution in [2.75, 3.05) is 31.7 Å². The molecular weight excluding hydrogens is 602 g/mol. The van der Waals surface area contributed by atoms with Crippen molar-refractivity contribution >= 4 is 29.4 Å². The molecule has 0 aromatic heterocycles. The van der Waals surface area contributed by atoms with Crippen LogP contribution in [0, 0.1) is 11.8 Å². The normalized spacial score (nSPS) is 25.4. The summed E-state index contributed by atoms with van der Waals surface area (Å²) in [4.78, 5) is 58.3. The Labute approximate surface area is 275 Å². The number of carbonyl (C=O) groups is 4. The van der Waals surface area contributed by atoms with E-state index >= 15 is 0 Å². The van der Waals surface area contributed by atoms with Gasteiger partial charge in [-0.15, -0.1) is 13.2 Å². The molecule has 5 rings (SSSR count). The number of rotatable bonds is 15. The van der Waals surface area contributed by atoms with Crippen LogP contribution in [0.25, 0.3) is 0 Å². The maximum absolute atomic E-state index is 14.8. The zero-order valence-corrected chi connectivity index (χ0v) is 26.9. The van der Waals surface area contributed by atoms with E-state index in [2.05, 4.69) is 18.5 Å². The second-order valence-electron chi connectivity index (χ2n) is 12.2. The van der Waals surface area contributed by atoms with Gasteiger partial charge in [-0.1, -0.05) is 42.5 Å². The number of aliphatic hydroxyl groups is 1.